The van der Waals surface area contributed by atoms with Gasteiger partial charge in [-0.05, 0) is 59.7 Å². The second-order valence-corrected chi connectivity index (χ2v) is 6.03. The van der Waals surface area contributed by atoms with Crippen LogP contribution in [0.5, 0.6) is 0 Å². The highest BCUT2D eigenvalue weighted by molar-refractivity contribution is 7.80. The first-order chi connectivity index (χ1) is 7.18. The fourth-order valence-corrected chi connectivity index (χ4v) is 1.30. The van der Waals surface area contributed by atoms with Gasteiger partial charge in [-0.3, -0.25) is 0 Å². The van der Waals surface area contributed by atoms with Crippen molar-refractivity contribution in [2.75, 3.05) is 0 Å². The molecule has 0 radical (unpaired) electrons. The van der Waals surface area contributed by atoms with Crippen LogP contribution in [0.25, 0.3) is 0 Å². The summed E-state index contributed by atoms with van der Waals surface area (Å²) in [5.41, 5.74) is -0.683. The van der Waals surface area contributed by atoms with Gasteiger partial charge < -0.3 is 10.1 Å². The maximum absolute atomic E-state index is 5.45. The lowest BCUT2D eigenvalue weighted by atomic mass is 10.1. The summed E-state index contributed by atoms with van der Waals surface area (Å²) in [5, 5.41) is 11.9. The molecule has 1 aliphatic rings. The maximum atomic E-state index is 5.45. The molecule has 5 heteroatoms. The molecule has 1 fully saturated rings. The summed E-state index contributed by atoms with van der Waals surface area (Å²) in [6.45, 7) is 9.86. The van der Waals surface area contributed by atoms with E-state index in [-0.39, 0.29) is 5.54 Å². The van der Waals surface area contributed by atoms with Crippen LogP contribution in [-0.4, -0.2) is 22.5 Å². The normalized spacial score (nSPS) is 17.6. The predicted octanol–water partition coefficient (Wildman–Crippen LogP) is 3.03. The minimum absolute atomic E-state index is 0.169. The maximum Gasteiger partial charge on any atom is 0.258 e. The SMILES string of the molecule is CC(C)(C)N=NC(C)(C)NC(=S)OC1CC1. The van der Waals surface area contributed by atoms with Crippen molar-refractivity contribution in [1.29, 1.82) is 0 Å². The number of thiocarbonyl (C=S) groups is 1. The third-order valence-electron chi connectivity index (χ3n) is 1.81. The van der Waals surface area contributed by atoms with Crippen LogP contribution in [0.1, 0.15) is 47.5 Å². The van der Waals surface area contributed by atoms with Crippen molar-refractivity contribution in [2.45, 2.75) is 64.8 Å². The number of hydrogen-bond donors (Lipinski definition) is 1. The predicted molar refractivity (Wildman–Crippen MR) is 68.5 cm³/mol. The van der Waals surface area contributed by atoms with Crippen LogP contribution in [-0.2, 0) is 4.74 Å². The van der Waals surface area contributed by atoms with Crippen molar-refractivity contribution in [3.8, 4) is 0 Å². The summed E-state index contributed by atoms with van der Waals surface area (Å²) in [7, 11) is 0. The highest BCUT2D eigenvalue weighted by Gasteiger charge is 2.27. The van der Waals surface area contributed by atoms with E-state index in [1.54, 1.807) is 0 Å². The van der Waals surface area contributed by atoms with Crippen LogP contribution in [0.2, 0.25) is 0 Å². The molecule has 1 saturated carbocycles. The molecule has 4 nitrogen and oxygen atoms in total. The zero-order valence-corrected chi connectivity index (χ0v) is 11.5. The molecule has 1 aliphatic carbocycles. The van der Waals surface area contributed by atoms with Crippen LogP contribution in [0, 0.1) is 0 Å². The molecule has 0 aromatic rings. The van der Waals surface area contributed by atoms with Crippen molar-refractivity contribution >= 4 is 17.4 Å². The quantitative estimate of drug-likeness (QED) is 0.612. The van der Waals surface area contributed by atoms with E-state index < -0.39 is 5.66 Å². The van der Waals surface area contributed by atoms with Gasteiger partial charge in [0.15, 0.2) is 0 Å². The van der Waals surface area contributed by atoms with Gasteiger partial charge in [-0.25, -0.2) is 0 Å². The molecule has 1 N–H and O–H groups in total. The van der Waals surface area contributed by atoms with E-state index in [0.717, 1.165) is 12.8 Å². The Kier molecular flexibility index (Phi) is 3.88. The Balaban J connectivity index is 2.43. The molecular formula is C11H21N3OS. The minimum atomic E-state index is -0.515. The first kappa shape index (κ1) is 13.4. The summed E-state index contributed by atoms with van der Waals surface area (Å²) >= 11 is 5.09. The molecule has 0 aromatic heterocycles. The second-order valence-electron chi connectivity index (χ2n) is 5.66. The molecule has 0 unspecified atom stereocenters. The molecule has 16 heavy (non-hydrogen) atoms. The van der Waals surface area contributed by atoms with E-state index in [2.05, 4.69) is 15.5 Å². The van der Waals surface area contributed by atoms with E-state index in [0.29, 0.717) is 11.3 Å². The average molecular weight is 243 g/mol. The largest absolute Gasteiger partial charge is 0.468 e. The Hall–Kier alpha value is -0.710. The van der Waals surface area contributed by atoms with Crippen molar-refractivity contribution in [3.63, 3.8) is 0 Å². The van der Waals surface area contributed by atoms with Crippen LogP contribution >= 0.6 is 12.2 Å². The van der Waals surface area contributed by atoms with Crippen LogP contribution < -0.4 is 5.32 Å². The summed E-state index contributed by atoms with van der Waals surface area (Å²) in [4.78, 5) is 0. The molecule has 0 bridgehead atoms. The van der Waals surface area contributed by atoms with Gasteiger partial charge in [0.25, 0.3) is 5.17 Å². The molecule has 0 spiro atoms. The standard InChI is InChI=1S/C11H21N3OS/c1-10(2,3)13-14-11(4,5)12-9(16)15-8-6-7-8/h8H,6-7H2,1-5H3,(H,12,16). The zero-order valence-electron chi connectivity index (χ0n) is 10.7. The van der Waals surface area contributed by atoms with E-state index in [1.807, 2.05) is 34.6 Å². The first-order valence-corrected chi connectivity index (χ1v) is 6.02. The van der Waals surface area contributed by atoms with E-state index in [1.165, 1.54) is 0 Å². The summed E-state index contributed by atoms with van der Waals surface area (Å²) in [6, 6.07) is 0. The zero-order chi connectivity index (χ0) is 12.4. The van der Waals surface area contributed by atoms with Crippen molar-refractivity contribution in [3.05, 3.63) is 0 Å². The molecule has 0 amide bonds. The molecule has 0 aromatic carbocycles. The van der Waals surface area contributed by atoms with Gasteiger partial charge >= 0.3 is 0 Å². The molecular weight excluding hydrogens is 222 g/mol. The van der Waals surface area contributed by atoms with Crippen LogP contribution in [0.15, 0.2) is 10.2 Å². The van der Waals surface area contributed by atoms with Gasteiger partial charge in [0, 0.05) is 0 Å². The van der Waals surface area contributed by atoms with Gasteiger partial charge in [-0.2, -0.15) is 10.2 Å². The molecule has 0 heterocycles. The topological polar surface area (TPSA) is 46.0 Å². The minimum Gasteiger partial charge on any atom is -0.468 e. The number of ether oxygens (including phenoxy) is 1. The Morgan fingerprint density at radius 3 is 2.19 bits per heavy atom. The molecule has 0 aliphatic heterocycles. The number of azo groups is 1. The lowest BCUT2D eigenvalue weighted by Gasteiger charge is -2.23. The number of rotatable bonds is 3. The number of nitrogens with zero attached hydrogens (tertiary/aromatic N) is 2. The Bertz CT molecular complexity index is 290. The fraction of sp³-hybridized carbons (Fsp3) is 0.909. The molecule has 0 saturated heterocycles. The van der Waals surface area contributed by atoms with E-state index >= 15 is 0 Å². The highest BCUT2D eigenvalue weighted by atomic mass is 32.1. The average Bonchev–Trinajstić information content (AvgIpc) is 2.82. The Labute approximate surface area is 103 Å². The highest BCUT2D eigenvalue weighted by Crippen LogP contribution is 2.24. The van der Waals surface area contributed by atoms with Crippen molar-refractivity contribution < 1.29 is 4.74 Å². The third-order valence-corrected chi connectivity index (χ3v) is 2.00. The summed E-state index contributed by atoms with van der Waals surface area (Å²) in [6.07, 6.45) is 2.52. The number of nitrogens with one attached hydrogen (secondary N) is 1. The molecule has 92 valence electrons. The van der Waals surface area contributed by atoms with E-state index in [9.17, 15) is 0 Å². The second kappa shape index (κ2) is 4.65. The number of hydrogen-bond acceptors (Lipinski definition) is 4. The fourth-order valence-electron chi connectivity index (χ4n) is 0.916. The smallest absolute Gasteiger partial charge is 0.258 e. The Morgan fingerprint density at radius 2 is 1.75 bits per heavy atom. The van der Waals surface area contributed by atoms with Crippen LogP contribution in [0.4, 0.5) is 0 Å². The van der Waals surface area contributed by atoms with Crippen LogP contribution in [0.3, 0.4) is 0 Å². The monoisotopic (exact) mass is 243 g/mol. The van der Waals surface area contributed by atoms with Gasteiger partial charge in [-0.15, -0.1) is 0 Å². The van der Waals surface area contributed by atoms with Gasteiger partial charge in [0.2, 0.25) is 0 Å². The van der Waals surface area contributed by atoms with Crippen molar-refractivity contribution in [1.82, 2.24) is 5.32 Å². The lowest BCUT2D eigenvalue weighted by molar-refractivity contribution is 0.266. The van der Waals surface area contributed by atoms with Gasteiger partial charge in [0.1, 0.15) is 11.8 Å². The lowest BCUT2D eigenvalue weighted by Crippen LogP contribution is -2.42. The Morgan fingerprint density at radius 1 is 1.19 bits per heavy atom. The summed E-state index contributed by atoms with van der Waals surface area (Å²) < 4.78 is 5.45. The van der Waals surface area contributed by atoms with E-state index in [4.69, 9.17) is 17.0 Å². The third kappa shape index (κ3) is 6.00. The van der Waals surface area contributed by atoms with Gasteiger partial charge in [-0.1, -0.05) is 0 Å². The molecule has 1 rings (SSSR count). The molecule has 0 atom stereocenters. The first-order valence-electron chi connectivity index (χ1n) is 5.61. The summed E-state index contributed by atoms with van der Waals surface area (Å²) in [5.74, 6) is 0. The van der Waals surface area contributed by atoms with Crippen molar-refractivity contribution in [2.24, 2.45) is 10.2 Å². The van der Waals surface area contributed by atoms with Gasteiger partial charge in [0.05, 0.1) is 5.54 Å².